The van der Waals surface area contributed by atoms with Gasteiger partial charge in [0.25, 0.3) is 0 Å². The molecule has 0 amide bonds. The maximum Gasteiger partial charge on any atom is 0.342 e. The zero-order valence-corrected chi connectivity index (χ0v) is 10.4. The molecule has 0 saturated heterocycles. The zero-order valence-electron chi connectivity index (χ0n) is 8.81. The van der Waals surface area contributed by atoms with Crippen molar-refractivity contribution in [2.45, 2.75) is 6.92 Å². The van der Waals surface area contributed by atoms with Gasteiger partial charge in [0, 0.05) is 7.05 Å². The van der Waals surface area contributed by atoms with E-state index in [0.717, 1.165) is 5.56 Å². The van der Waals surface area contributed by atoms with E-state index in [2.05, 4.69) is 31.0 Å². The lowest BCUT2D eigenvalue weighted by molar-refractivity contribution is 0.419. The number of nitrogens with two attached hydrogens (primary N) is 1. The molecule has 2 heterocycles. The Balaban J connectivity index is 2.32. The van der Waals surface area contributed by atoms with Crippen LogP contribution in [-0.2, 0) is 7.05 Å². The fraction of sp³-hybridized carbons (Fsp3) is 0.222. The van der Waals surface area contributed by atoms with Crippen molar-refractivity contribution in [3.8, 4) is 11.9 Å². The van der Waals surface area contributed by atoms with Crippen LogP contribution in [0.4, 0.5) is 5.69 Å². The quantitative estimate of drug-likeness (QED) is 0.907. The minimum Gasteiger partial charge on any atom is -0.403 e. The second-order valence-electron chi connectivity index (χ2n) is 3.26. The summed E-state index contributed by atoms with van der Waals surface area (Å²) in [4.78, 5) is 8.00. The lowest BCUT2D eigenvalue weighted by Crippen LogP contribution is -1.97. The molecule has 16 heavy (non-hydrogen) atoms. The Bertz CT molecular complexity index is 525. The minimum absolute atomic E-state index is 0.250. The summed E-state index contributed by atoms with van der Waals surface area (Å²) in [7, 11) is 1.76. The molecule has 0 fully saturated rings. The van der Waals surface area contributed by atoms with E-state index < -0.39 is 0 Å². The Hall–Kier alpha value is -1.63. The largest absolute Gasteiger partial charge is 0.403 e. The number of nitrogens with zero attached hydrogens (tertiary/aromatic N) is 4. The third-order valence-corrected chi connectivity index (χ3v) is 2.97. The molecule has 0 aliphatic carbocycles. The molecule has 0 radical (unpaired) electrons. The molecule has 0 aliphatic heterocycles. The van der Waals surface area contributed by atoms with Gasteiger partial charge in [0.2, 0.25) is 5.88 Å². The van der Waals surface area contributed by atoms with Crippen LogP contribution in [0.15, 0.2) is 17.0 Å². The summed E-state index contributed by atoms with van der Waals surface area (Å²) >= 11 is 3.37. The van der Waals surface area contributed by atoms with Gasteiger partial charge in [0.15, 0.2) is 0 Å². The van der Waals surface area contributed by atoms with Gasteiger partial charge in [-0.15, -0.1) is 5.10 Å². The molecule has 2 N–H and O–H groups in total. The van der Waals surface area contributed by atoms with Crippen LogP contribution in [0.25, 0.3) is 0 Å². The Morgan fingerprint density at radius 1 is 1.44 bits per heavy atom. The number of hydrogen-bond acceptors (Lipinski definition) is 5. The summed E-state index contributed by atoms with van der Waals surface area (Å²) in [5.41, 5.74) is 7.18. The highest BCUT2D eigenvalue weighted by Crippen LogP contribution is 2.31. The van der Waals surface area contributed by atoms with Gasteiger partial charge in [0.1, 0.15) is 6.33 Å². The number of aryl methyl sites for hydroxylation is 1. The molecular formula is C9H10BrN5O. The first-order chi connectivity index (χ1) is 7.58. The number of halogens is 1. The van der Waals surface area contributed by atoms with Crippen LogP contribution in [-0.4, -0.2) is 19.7 Å². The van der Waals surface area contributed by atoms with Crippen molar-refractivity contribution >= 4 is 21.6 Å². The van der Waals surface area contributed by atoms with Gasteiger partial charge in [0.05, 0.1) is 16.4 Å². The molecule has 0 bridgehead atoms. The molecule has 0 unspecified atom stereocenters. The maximum atomic E-state index is 5.70. The topological polar surface area (TPSA) is 78.9 Å². The van der Waals surface area contributed by atoms with E-state index in [4.69, 9.17) is 10.5 Å². The molecule has 0 spiro atoms. The van der Waals surface area contributed by atoms with E-state index in [9.17, 15) is 0 Å². The summed E-state index contributed by atoms with van der Waals surface area (Å²) in [5, 5.41) is 3.99. The van der Waals surface area contributed by atoms with Gasteiger partial charge in [-0.2, -0.15) is 4.98 Å². The Morgan fingerprint density at radius 2 is 2.19 bits per heavy atom. The Kier molecular flexibility index (Phi) is 2.78. The highest BCUT2D eigenvalue weighted by Gasteiger charge is 2.11. The summed E-state index contributed by atoms with van der Waals surface area (Å²) in [6.45, 7) is 1.87. The van der Waals surface area contributed by atoms with E-state index in [0.29, 0.717) is 16.0 Å². The molecule has 6 nitrogen and oxygen atoms in total. The van der Waals surface area contributed by atoms with Crippen LogP contribution in [0.1, 0.15) is 5.56 Å². The third kappa shape index (κ3) is 1.99. The molecule has 0 aromatic carbocycles. The number of nitrogen functional groups attached to an aromatic ring is 1. The molecule has 0 aliphatic rings. The number of ether oxygens (including phenoxy) is 1. The fourth-order valence-electron chi connectivity index (χ4n) is 1.09. The summed E-state index contributed by atoms with van der Waals surface area (Å²) in [6, 6.07) is 0.250. The second kappa shape index (κ2) is 4.09. The minimum atomic E-state index is 0.250. The van der Waals surface area contributed by atoms with Gasteiger partial charge >= 0.3 is 6.01 Å². The van der Waals surface area contributed by atoms with Gasteiger partial charge in [-0.1, -0.05) is 0 Å². The lowest BCUT2D eigenvalue weighted by Gasteiger charge is -2.06. The smallest absolute Gasteiger partial charge is 0.342 e. The Labute approximate surface area is 101 Å². The number of rotatable bonds is 2. The van der Waals surface area contributed by atoms with Crippen LogP contribution in [0.5, 0.6) is 11.9 Å². The van der Waals surface area contributed by atoms with Crippen molar-refractivity contribution in [3.05, 3.63) is 22.6 Å². The number of hydrogen-bond donors (Lipinski definition) is 1. The van der Waals surface area contributed by atoms with Crippen molar-refractivity contribution in [3.63, 3.8) is 0 Å². The SMILES string of the molecule is Cc1c(N)cnc(Oc2ncn(C)n2)c1Br. The molecule has 2 aromatic heterocycles. The van der Waals surface area contributed by atoms with Crippen molar-refractivity contribution in [2.75, 3.05) is 5.73 Å². The molecular weight excluding hydrogens is 274 g/mol. The molecule has 7 heteroatoms. The molecule has 0 saturated carbocycles. The first-order valence-corrected chi connectivity index (χ1v) is 5.31. The number of aromatic nitrogens is 4. The fourth-order valence-corrected chi connectivity index (χ4v) is 1.50. The second-order valence-corrected chi connectivity index (χ2v) is 4.05. The predicted octanol–water partition coefficient (Wildman–Crippen LogP) is 1.66. The van der Waals surface area contributed by atoms with E-state index in [1.54, 1.807) is 24.3 Å². The highest BCUT2D eigenvalue weighted by atomic mass is 79.9. The van der Waals surface area contributed by atoms with Gasteiger partial charge in [-0.3, -0.25) is 4.68 Å². The van der Waals surface area contributed by atoms with Gasteiger partial charge in [-0.05, 0) is 28.4 Å². The molecule has 2 aromatic rings. The maximum absolute atomic E-state index is 5.70. The average Bonchev–Trinajstić information content (AvgIpc) is 2.65. The summed E-state index contributed by atoms with van der Waals surface area (Å²) < 4.78 is 7.67. The van der Waals surface area contributed by atoms with E-state index in [1.807, 2.05) is 6.92 Å². The Morgan fingerprint density at radius 3 is 2.81 bits per heavy atom. The first-order valence-electron chi connectivity index (χ1n) is 4.52. The monoisotopic (exact) mass is 283 g/mol. The third-order valence-electron chi connectivity index (χ3n) is 2.04. The number of anilines is 1. The normalized spacial score (nSPS) is 10.4. The number of pyridine rings is 1. The highest BCUT2D eigenvalue weighted by molar-refractivity contribution is 9.10. The molecule has 0 atom stereocenters. The van der Waals surface area contributed by atoms with Gasteiger partial charge in [-0.25, -0.2) is 4.98 Å². The van der Waals surface area contributed by atoms with E-state index >= 15 is 0 Å². The van der Waals surface area contributed by atoms with Crippen molar-refractivity contribution in [2.24, 2.45) is 7.05 Å². The summed E-state index contributed by atoms with van der Waals surface area (Å²) in [5.74, 6) is 0.401. The van der Waals surface area contributed by atoms with Gasteiger partial charge < -0.3 is 10.5 Å². The molecule has 84 valence electrons. The van der Waals surface area contributed by atoms with Crippen LogP contribution < -0.4 is 10.5 Å². The predicted molar refractivity (Wildman–Crippen MR) is 62.2 cm³/mol. The first kappa shape index (κ1) is 10.9. The average molecular weight is 284 g/mol. The van der Waals surface area contributed by atoms with Crippen molar-refractivity contribution < 1.29 is 4.74 Å². The van der Waals surface area contributed by atoms with Crippen LogP contribution >= 0.6 is 15.9 Å². The summed E-state index contributed by atoms with van der Waals surface area (Å²) in [6.07, 6.45) is 3.09. The lowest BCUT2D eigenvalue weighted by atomic mass is 10.2. The van der Waals surface area contributed by atoms with E-state index in [1.165, 1.54) is 0 Å². The van der Waals surface area contributed by atoms with Crippen molar-refractivity contribution in [1.29, 1.82) is 0 Å². The molecule has 2 rings (SSSR count). The van der Waals surface area contributed by atoms with Crippen molar-refractivity contribution in [1.82, 2.24) is 19.7 Å². The van der Waals surface area contributed by atoms with Crippen LogP contribution in [0, 0.1) is 6.92 Å². The standard InChI is InChI=1S/C9H10BrN5O/c1-5-6(11)3-12-8(7(5)10)16-9-13-4-15(2)14-9/h3-4H,11H2,1-2H3. The zero-order chi connectivity index (χ0) is 11.7. The van der Waals surface area contributed by atoms with E-state index in [-0.39, 0.29) is 6.01 Å². The van der Waals surface area contributed by atoms with Crippen LogP contribution in [0.3, 0.4) is 0 Å². The van der Waals surface area contributed by atoms with Crippen LogP contribution in [0.2, 0.25) is 0 Å².